The number of carbonyl (C=O) groups is 1. The fraction of sp³-hybridized carbons (Fsp3) is 0.250. The highest BCUT2D eigenvalue weighted by atomic mass is 16.6. The van der Waals surface area contributed by atoms with Crippen LogP contribution in [0, 0.1) is 17.0 Å². The first-order valence-electron chi connectivity index (χ1n) is 5.91. The van der Waals surface area contributed by atoms with Crippen molar-refractivity contribution in [3.63, 3.8) is 0 Å². The van der Waals surface area contributed by atoms with Gasteiger partial charge in [0.2, 0.25) is 0 Å². The smallest absolute Gasteiger partial charge is 0.285 e. The van der Waals surface area contributed by atoms with E-state index in [2.05, 4.69) is 20.5 Å². The molecule has 104 valence electrons. The molecule has 0 spiro atoms. The van der Waals surface area contributed by atoms with Crippen LogP contribution in [0.2, 0.25) is 0 Å². The molecule has 0 aliphatic rings. The highest BCUT2D eigenvalue weighted by molar-refractivity contribution is 5.98. The van der Waals surface area contributed by atoms with Crippen LogP contribution in [0.3, 0.4) is 0 Å². The van der Waals surface area contributed by atoms with Gasteiger partial charge in [0.1, 0.15) is 17.7 Å². The number of rotatable bonds is 4. The summed E-state index contributed by atoms with van der Waals surface area (Å²) in [4.78, 5) is 26.6. The predicted octanol–water partition coefficient (Wildman–Crippen LogP) is 1.51. The lowest BCUT2D eigenvalue weighted by Gasteiger charge is -2.11. The zero-order valence-corrected chi connectivity index (χ0v) is 11.0. The van der Waals surface area contributed by atoms with Crippen molar-refractivity contribution in [1.82, 2.24) is 20.5 Å². The summed E-state index contributed by atoms with van der Waals surface area (Å²) in [7, 11) is 0. The summed E-state index contributed by atoms with van der Waals surface area (Å²) < 4.78 is 0. The molecule has 0 aliphatic heterocycles. The van der Waals surface area contributed by atoms with Gasteiger partial charge in [0.25, 0.3) is 11.6 Å². The molecular formula is C12H13N5O3. The Morgan fingerprint density at radius 1 is 1.50 bits per heavy atom. The van der Waals surface area contributed by atoms with E-state index in [1.165, 1.54) is 12.4 Å². The van der Waals surface area contributed by atoms with E-state index in [0.717, 1.165) is 0 Å². The largest absolute Gasteiger partial charge is 0.342 e. The van der Waals surface area contributed by atoms with Gasteiger partial charge >= 0.3 is 0 Å². The molecule has 2 aromatic rings. The number of hydrogen-bond donors (Lipinski definition) is 2. The second-order valence-electron chi connectivity index (χ2n) is 4.29. The van der Waals surface area contributed by atoms with Gasteiger partial charge in [-0.05, 0) is 19.9 Å². The van der Waals surface area contributed by atoms with Crippen LogP contribution in [0.5, 0.6) is 0 Å². The van der Waals surface area contributed by atoms with Gasteiger partial charge in [0.15, 0.2) is 0 Å². The first-order chi connectivity index (χ1) is 9.50. The van der Waals surface area contributed by atoms with E-state index in [1.54, 1.807) is 26.0 Å². The Bertz CT molecular complexity index is 639. The van der Waals surface area contributed by atoms with Crippen LogP contribution in [0.15, 0.2) is 24.5 Å². The Hall–Kier alpha value is -2.77. The fourth-order valence-corrected chi connectivity index (χ4v) is 1.85. The Morgan fingerprint density at radius 2 is 2.25 bits per heavy atom. The number of aromatic amines is 1. The number of carbonyl (C=O) groups excluding carboxylic acids is 1. The summed E-state index contributed by atoms with van der Waals surface area (Å²) >= 11 is 0. The van der Waals surface area contributed by atoms with E-state index in [0.29, 0.717) is 11.4 Å². The fourth-order valence-electron chi connectivity index (χ4n) is 1.85. The minimum absolute atomic E-state index is 0.0290. The number of nitro groups is 1. The van der Waals surface area contributed by atoms with E-state index < -0.39 is 16.9 Å². The average Bonchev–Trinajstić information content (AvgIpc) is 2.91. The van der Waals surface area contributed by atoms with Crippen molar-refractivity contribution in [3.05, 3.63) is 51.6 Å². The molecule has 0 saturated carbocycles. The summed E-state index contributed by atoms with van der Waals surface area (Å²) in [5.41, 5.74) is 0.283. The third kappa shape index (κ3) is 2.63. The van der Waals surface area contributed by atoms with E-state index in [9.17, 15) is 14.9 Å². The van der Waals surface area contributed by atoms with Crippen molar-refractivity contribution in [2.75, 3.05) is 0 Å². The van der Waals surface area contributed by atoms with Crippen molar-refractivity contribution in [2.24, 2.45) is 0 Å². The van der Waals surface area contributed by atoms with Crippen LogP contribution in [-0.2, 0) is 0 Å². The zero-order valence-electron chi connectivity index (χ0n) is 11.0. The number of H-pyrrole nitrogens is 1. The van der Waals surface area contributed by atoms with Gasteiger partial charge in [-0.1, -0.05) is 12.1 Å². The summed E-state index contributed by atoms with van der Waals surface area (Å²) in [6.45, 7) is 3.30. The minimum atomic E-state index is -0.552. The molecule has 8 heteroatoms. The maximum Gasteiger partial charge on any atom is 0.285 e. The lowest BCUT2D eigenvalue weighted by Crippen LogP contribution is -2.28. The monoisotopic (exact) mass is 275 g/mol. The number of aromatic nitrogens is 3. The van der Waals surface area contributed by atoms with Gasteiger partial charge in [0.05, 0.1) is 11.0 Å². The average molecular weight is 275 g/mol. The zero-order chi connectivity index (χ0) is 14.7. The SMILES string of the molecule is Cc1cccc(C(=O)NC(C)c2ncn[nH]2)c1[N+](=O)[O-]. The first-order valence-corrected chi connectivity index (χ1v) is 5.91. The maximum atomic E-state index is 12.2. The van der Waals surface area contributed by atoms with Gasteiger partial charge in [-0.25, -0.2) is 4.98 Å². The Kier molecular flexibility index (Phi) is 3.74. The quantitative estimate of drug-likeness (QED) is 0.648. The summed E-state index contributed by atoms with van der Waals surface area (Å²) in [5, 5.41) is 20.0. The van der Waals surface area contributed by atoms with Gasteiger partial charge in [0, 0.05) is 5.56 Å². The summed E-state index contributed by atoms with van der Waals surface area (Å²) in [6, 6.07) is 4.20. The molecule has 0 saturated heterocycles. The van der Waals surface area contributed by atoms with Crippen molar-refractivity contribution in [1.29, 1.82) is 0 Å². The molecule has 2 N–H and O–H groups in total. The summed E-state index contributed by atoms with van der Waals surface area (Å²) in [5.74, 6) is -0.0436. The third-order valence-electron chi connectivity index (χ3n) is 2.86. The highest BCUT2D eigenvalue weighted by Gasteiger charge is 2.23. The van der Waals surface area contributed by atoms with Crippen LogP contribution in [0.4, 0.5) is 5.69 Å². The molecule has 0 bridgehead atoms. The molecule has 1 heterocycles. The van der Waals surface area contributed by atoms with Gasteiger partial charge in [-0.15, -0.1) is 0 Å². The number of aryl methyl sites for hydroxylation is 1. The van der Waals surface area contributed by atoms with Gasteiger partial charge in [-0.3, -0.25) is 20.0 Å². The molecule has 0 aliphatic carbocycles. The van der Waals surface area contributed by atoms with Gasteiger partial charge < -0.3 is 5.32 Å². The van der Waals surface area contributed by atoms with E-state index in [4.69, 9.17) is 0 Å². The standard InChI is InChI=1S/C12H13N5O3/c1-7-4-3-5-9(10(7)17(19)20)12(18)15-8(2)11-13-6-14-16-11/h3-6,8H,1-2H3,(H,15,18)(H,13,14,16). The number of hydrogen-bond acceptors (Lipinski definition) is 5. The number of amides is 1. The maximum absolute atomic E-state index is 12.2. The van der Waals surface area contributed by atoms with Crippen molar-refractivity contribution in [3.8, 4) is 0 Å². The molecule has 1 aromatic heterocycles. The molecule has 2 rings (SSSR count). The van der Waals surface area contributed by atoms with Gasteiger partial charge in [-0.2, -0.15) is 5.10 Å². The molecule has 1 atom stereocenters. The lowest BCUT2D eigenvalue weighted by atomic mass is 10.1. The Morgan fingerprint density at radius 3 is 2.85 bits per heavy atom. The Balaban J connectivity index is 2.26. The lowest BCUT2D eigenvalue weighted by molar-refractivity contribution is -0.385. The van der Waals surface area contributed by atoms with Crippen molar-refractivity contribution in [2.45, 2.75) is 19.9 Å². The number of nitrogens with one attached hydrogen (secondary N) is 2. The molecule has 20 heavy (non-hydrogen) atoms. The van der Waals surface area contributed by atoms with Crippen LogP contribution < -0.4 is 5.32 Å². The molecule has 8 nitrogen and oxygen atoms in total. The van der Waals surface area contributed by atoms with Crippen LogP contribution in [0.25, 0.3) is 0 Å². The molecule has 1 unspecified atom stereocenters. The Labute approximate surface area is 114 Å². The van der Waals surface area contributed by atoms with Crippen molar-refractivity contribution < 1.29 is 9.72 Å². The van der Waals surface area contributed by atoms with Crippen LogP contribution in [-0.4, -0.2) is 26.0 Å². The van der Waals surface area contributed by atoms with E-state index in [1.807, 2.05) is 0 Å². The van der Waals surface area contributed by atoms with Crippen LogP contribution >= 0.6 is 0 Å². The molecule has 0 fully saturated rings. The summed E-state index contributed by atoms with van der Waals surface area (Å²) in [6.07, 6.45) is 1.33. The second-order valence-corrected chi connectivity index (χ2v) is 4.29. The number of para-hydroxylation sites is 1. The highest BCUT2D eigenvalue weighted by Crippen LogP contribution is 2.23. The molecule has 1 amide bonds. The van der Waals surface area contributed by atoms with E-state index in [-0.39, 0.29) is 11.3 Å². The second kappa shape index (κ2) is 5.47. The molecular weight excluding hydrogens is 262 g/mol. The molecule has 1 aromatic carbocycles. The number of nitrogens with zero attached hydrogens (tertiary/aromatic N) is 3. The minimum Gasteiger partial charge on any atom is -0.342 e. The molecule has 0 radical (unpaired) electrons. The van der Waals surface area contributed by atoms with Crippen molar-refractivity contribution >= 4 is 11.6 Å². The number of nitro benzene ring substituents is 1. The third-order valence-corrected chi connectivity index (χ3v) is 2.86. The number of benzene rings is 1. The van der Waals surface area contributed by atoms with E-state index >= 15 is 0 Å². The first kappa shape index (κ1) is 13.7. The topological polar surface area (TPSA) is 114 Å². The predicted molar refractivity (Wildman–Crippen MR) is 70.1 cm³/mol. The van der Waals surface area contributed by atoms with Crippen LogP contribution in [0.1, 0.15) is 34.7 Å². The normalized spacial score (nSPS) is 11.9.